The Morgan fingerprint density at radius 1 is 1.02 bits per heavy atom. The quantitative estimate of drug-likeness (QED) is 0.307. The number of cyclic esters (lactones) is 1. The number of aliphatic hydroxyl groups excluding tert-OH is 1. The van der Waals surface area contributed by atoms with Crippen molar-refractivity contribution >= 4 is 11.8 Å². The van der Waals surface area contributed by atoms with Gasteiger partial charge in [0.05, 0.1) is 30.5 Å². The lowest BCUT2D eigenvalue weighted by atomic mass is 9.74. The highest BCUT2D eigenvalue weighted by molar-refractivity contribution is 6.04. The molecule has 0 radical (unpaired) electrons. The number of likely N-dealkylation sites (tertiary alicyclic amines) is 1. The van der Waals surface area contributed by atoms with Gasteiger partial charge in [-0.2, -0.15) is 0 Å². The van der Waals surface area contributed by atoms with E-state index in [-0.39, 0.29) is 48.6 Å². The van der Waals surface area contributed by atoms with E-state index in [0.29, 0.717) is 25.4 Å². The summed E-state index contributed by atoms with van der Waals surface area (Å²) in [5.74, 6) is -1.70. The Hall–Kier alpha value is -1.22. The van der Waals surface area contributed by atoms with Crippen LogP contribution in [0.5, 0.6) is 0 Å². The zero-order chi connectivity index (χ0) is 37.3. The first-order chi connectivity index (χ1) is 23.2. The van der Waals surface area contributed by atoms with Crippen LogP contribution in [0, 0.1) is 23.2 Å². The highest BCUT2D eigenvalue weighted by atomic mass is 16.7. The maximum atomic E-state index is 14.3. The van der Waals surface area contributed by atoms with Crippen LogP contribution in [0.2, 0.25) is 0 Å². The maximum Gasteiger partial charge on any atom is 0.319 e. The van der Waals surface area contributed by atoms with Crippen LogP contribution in [0.25, 0.3) is 0 Å². The third-order valence-electron chi connectivity index (χ3n) is 12.2. The zero-order valence-corrected chi connectivity index (χ0v) is 33.3. The average molecular weight is 712 g/mol. The number of likely N-dealkylation sites (N-methyl/N-ethyl adjacent to an activating group) is 2. The molecule has 2 unspecified atom stereocenters. The van der Waals surface area contributed by atoms with Crippen molar-refractivity contribution in [2.75, 3.05) is 61.1 Å². The van der Waals surface area contributed by atoms with Crippen LogP contribution in [0.3, 0.4) is 0 Å². The molecule has 0 bridgehead atoms. The number of Topliss-reactive ketones (excluding diaryl/α,β-unsaturated/α-hetero) is 1. The Bertz CT molecular complexity index is 1140. The van der Waals surface area contributed by atoms with Crippen molar-refractivity contribution in [1.29, 1.82) is 0 Å². The molecule has 1 N–H and O–H groups in total. The molecule has 11 atom stereocenters. The molecule has 4 aliphatic rings. The number of hydrogen-bond acceptors (Lipinski definition) is 12. The molecule has 0 aliphatic carbocycles. The molecule has 4 aliphatic heterocycles. The van der Waals surface area contributed by atoms with E-state index in [0.717, 1.165) is 32.5 Å². The van der Waals surface area contributed by atoms with Gasteiger partial charge in [0.15, 0.2) is 17.9 Å². The van der Waals surface area contributed by atoms with Gasteiger partial charge in [-0.1, -0.05) is 13.8 Å². The second-order valence-corrected chi connectivity index (χ2v) is 17.3. The van der Waals surface area contributed by atoms with Gasteiger partial charge in [0.1, 0.15) is 18.1 Å². The molecule has 290 valence electrons. The third-order valence-corrected chi connectivity index (χ3v) is 12.2. The highest BCUT2D eigenvalue weighted by Crippen LogP contribution is 2.39. The summed E-state index contributed by atoms with van der Waals surface area (Å²) in [5, 5.41) is 11.4. The number of ketones is 1. The lowest BCUT2D eigenvalue weighted by Crippen LogP contribution is -2.59. The normalized spacial score (nSPS) is 40.9. The van der Waals surface area contributed by atoms with Gasteiger partial charge in [0.2, 0.25) is 0 Å². The molecule has 4 saturated heterocycles. The smallest absolute Gasteiger partial charge is 0.319 e. The van der Waals surface area contributed by atoms with Crippen molar-refractivity contribution in [3.63, 3.8) is 0 Å². The minimum atomic E-state index is -1.43. The van der Waals surface area contributed by atoms with E-state index in [2.05, 4.69) is 30.7 Å². The van der Waals surface area contributed by atoms with E-state index in [1.165, 1.54) is 0 Å². The van der Waals surface area contributed by atoms with Crippen LogP contribution in [0.1, 0.15) is 88.0 Å². The topological polar surface area (TPSA) is 119 Å². The number of nitrogens with zero attached hydrogens (tertiary/aromatic N) is 3. The van der Waals surface area contributed by atoms with Gasteiger partial charge >= 0.3 is 5.97 Å². The number of rotatable bonds is 7. The summed E-state index contributed by atoms with van der Waals surface area (Å²) < 4.78 is 37.2. The van der Waals surface area contributed by atoms with Gasteiger partial charge in [-0.05, 0) is 120 Å². The zero-order valence-electron chi connectivity index (χ0n) is 33.3. The number of hydrogen-bond donors (Lipinski definition) is 1. The van der Waals surface area contributed by atoms with Gasteiger partial charge in [-0.3, -0.25) is 19.4 Å². The molecular formula is C38H69N3O9. The SMILES string of the molecule is CO[C@]1(C)C[C@@H](C)CN(C)[C@@H](C2CCN(C(C)C3COC(C)(C)O3)CC2)COC(=O)C(C)(C)C(=O)[C@H](C)[C@H]1O[C@@H]1O[C@H](C)C[C@H](N(C)C)[C@H]1O. The lowest BCUT2D eigenvalue weighted by Gasteiger charge is -2.47. The molecule has 50 heavy (non-hydrogen) atoms. The Kier molecular flexibility index (Phi) is 13.6. The Morgan fingerprint density at radius 3 is 2.22 bits per heavy atom. The van der Waals surface area contributed by atoms with Gasteiger partial charge in [0, 0.05) is 37.7 Å². The second-order valence-electron chi connectivity index (χ2n) is 17.3. The maximum absolute atomic E-state index is 14.3. The van der Waals surface area contributed by atoms with Crippen LogP contribution in [0.15, 0.2) is 0 Å². The van der Waals surface area contributed by atoms with Crippen molar-refractivity contribution in [3.05, 3.63) is 0 Å². The van der Waals surface area contributed by atoms with E-state index >= 15 is 0 Å². The van der Waals surface area contributed by atoms with Crippen LogP contribution in [0.4, 0.5) is 0 Å². The summed E-state index contributed by atoms with van der Waals surface area (Å²) >= 11 is 0. The number of ether oxygens (including phenoxy) is 6. The molecular weight excluding hydrogens is 642 g/mol. The number of carbonyl (C=O) groups is 2. The van der Waals surface area contributed by atoms with Crippen LogP contribution in [-0.2, 0) is 38.0 Å². The number of piperidine rings is 1. The largest absolute Gasteiger partial charge is 0.463 e. The number of carbonyl (C=O) groups excluding carboxylic acids is 2. The van der Waals surface area contributed by atoms with Crippen molar-refractivity contribution in [2.45, 2.75) is 148 Å². The third kappa shape index (κ3) is 9.28. The van der Waals surface area contributed by atoms with Crippen LogP contribution in [-0.4, -0.2) is 153 Å². The van der Waals surface area contributed by atoms with E-state index < -0.39 is 47.2 Å². The molecule has 0 aromatic rings. The van der Waals surface area contributed by atoms with Crippen molar-refractivity contribution in [1.82, 2.24) is 14.7 Å². The van der Waals surface area contributed by atoms with Crippen LogP contribution >= 0.6 is 0 Å². The summed E-state index contributed by atoms with van der Waals surface area (Å²) in [4.78, 5) is 35.0. The Labute approximate surface area is 301 Å². The minimum Gasteiger partial charge on any atom is -0.463 e. The summed E-state index contributed by atoms with van der Waals surface area (Å²) in [6.45, 7) is 20.7. The summed E-state index contributed by atoms with van der Waals surface area (Å²) in [6, 6.07) is 0.0479. The molecule has 0 aromatic heterocycles. The minimum absolute atomic E-state index is 0.0102. The number of esters is 1. The average Bonchev–Trinajstić information content (AvgIpc) is 3.42. The van der Waals surface area contributed by atoms with E-state index in [1.807, 2.05) is 46.7 Å². The van der Waals surface area contributed by atoms with Gasteiger partial charge in [-0.15, -0.1) is 0 Å². The van der Waals surface area contributed by atoms with Gasteiger partial charge in [0.25, 0.3) is 0 Å². The molecule has 0 aromatic carbocycles. The fourth-order valence-corrected chi connectivity index (χ4v) is 8.96. The van der Waals surface area contributed by atoms with E-state index in [4.69, 9.17) is 28.4 Å². The second kappa shape index (κ2) is 16.4. The molecule has 0 spiro atoms. The first kappa shape index (κ1) is 41.5. The molecule has 12 nitrogen and oxygen atoms in total. The molecule has 0 amide bonds. The number of methoxy groups -OCH3 is 1. The first-order valence-electron chi connectivity index (χ1n) is 18.9. The Balaban J connectivity index is 1.56. The fourth-order valence-electron chi connectivity index (χ4n) is 8.96. The van der Waals surface area contributed by atoms with Crippen molar-refractivity contribution in [3.8, 4) is 0 Å². The van der Waals surface area contributed by atoms with E-state index in [1.54, 1.807) is 27.9 Å². The van der Waals surface area contributed by atoms with Crippen molar-refractivity contribution in [2.24, 2.45) is 23.2 Å². The lowest BCUT2D eigenvalue weighted by molar-refractivity contribution is -0.295. The highest BCUT2D eigenvalue weighted by Gasteiger charge is 2.52. The standard InChI is InChI=1S/C38H69N3O9/c1-23-19-38(9,45-13)33(49-34-31(42)28(39(10)11)18-24(2)48-34)25(3)32(43)36(5,6)35(44)46-21-29(40(12)20-23)27-14-16-41(17-15-27)26(4)30-22-47-37(7,8)50-30/h23-31,33-34,42H,14-22H2,1-13H3/t23-,24-,25+,26?,28+,29-,30?,31-,33-,34+,38-/m1/s1. The molecule has 4 rings (SSSR count). The summed E-state index contributed by atoms with van der Waals surface area (Å²) in [5.41, 5.74) is -2.36. The molecule has 4 heterocycles. The summed E-state index contributed by atoms with van der Waals surface area (Å²) in [6.07, 6.45) is 0.323. The van der Waals surface area contributed by atoms with Crippen LogP contribution < -0.4 is 0 Å². The first-order valence-corrected chi connectivity index (χ1v) is 18.9. The molecule has 0 saturated carbocycles. The predicted molar refractivity (Wildman–Crippen MR) is 190 cm³/mol. The van der Waals surface area contributed by atoms with E-state index in [9.17, 15) is 14.7 Å². The van der Waals surface area contributed by atoms with Crippen molar-refractivity contribution < 1.29 is 43.1 Å². The summed E-state index contributed by atoms with van der Waals surface area (Å²) in [7, 11) is 7.62. The fraction of sp³-hybridized carbons (Fsp3) is 0.947. The number of aliphatic hydroxyl groups is 1. The van der Waals surface area contributed by atoms with Gasteiger partial charge < -0.3 is 38.4 Å². The Morgan fingerprint density at radius 2 is 1.66 bits per heavy atom. The molecule has 12 heteroatoms. The predicted octanol–water partition coefficient (Wildman–Crippen LogP) is 3.57. The monoisotopic (exact) mass is 712 g/mol. The molecule has 4 fully saturated rings. The van der Waals surface area contributed by atoms with Gasteiger partial charge in [-0.25, -0.2) is 0 Å².